The molecule has 0 heterocycles. The molecule has 0 nitrogen and oxygen atoms in total. The minimum atomic E-state index is -0.556. The molecule has 0 aliphatic carbocycles. The zero-order valence-corrected chi connectivity index (χ0v) is 23.7. The van der Waals surface area contributed by atoms with Crippen LogP contribution in [0.4, 0.5) is 0 Å². The van der Waals surface area contributed by atoms with Crippen LogP contribution in [0.2, 0.25) is 13.1 Å². The summed E-state index contributed by atoms with van der Waals surface area (Å²) in [5.41, 5.74) is 8.11. The molecular formula is C28H33Cl2SiTi-2. The van der Waals surface area contributed by atoms with Gasteiger partial charge in [-0.3, -0.25) is 0 Å². The average molecular weight is 516 g/mol. The molecule has 0 spiro atoms. The molecule has 0 amide bonds. The summed E-state index contributed by atoms with van der Waals surface area (Å²) in [7, 11) is 10.5. The van der Waals surface area contributed by atoms with Gasteiger partial charge in [0.05, 0.1) is 0 Å². The molecule has 0 aromatic heterocycles. The van der Waals surface area contributed by atoms with Gasteiger partial charge < -0.3 is 0 Å². The van der Waals surface area contributed by atoms with E-state index in [1.54, 1.807) is 0 Å². The van der Waals surface area contributed by atoms with Gasteiger partial charge in [-0.15, -0.1) is 34.4 Å². The van der Waals surface area contributed by atoms with E-state index in [1.165, 1.54) is 33.4 Å². The molecule has 169 valence electrons. The van der Waals surface area contributed by atoms with Crippen LogP contribution in [0.15, 0.2) is 97.1 Å². The van der Waals surface area contributed by atoms with E-state index in [0.717, 1.165) is 22.4 Å². The van der Waals surface area contributed by atoms with Gasteiger partial charge >= 0.3 is 35.6 Å². The summed E-state index contributed by atoms with van der Waals surface area (Å²) < 4.78 is 0. The summed E-state index contributed by atoms with van der Waals surface area (Å²) in [6.07, 6.45) is 2.24. The first-order valence-corrected chi connectivity index (χ1v) is 17.6. The van der Waals surface area contributed by atoms with Gasteiger partial charge in [0.25, 0.3) is 0 Å². The third-order valence-electron chi connectivity index (χ3n) is 4.67. The van der Waals surface area contributed by atoms with E-state index in [0.29, 0.717) is 0 Å². The second kappa shape index (κ2) is 18.1. The Labute approximate surface area is 214 Å². The fourth-order valence-corrected chi connectivity index (χ4v) is 3.05. The van der Waals surface area contributed by atoms with Crippen molar-refractivity contribution in [2.24, 2.45) is 0 Å². The standard InChI is InChI=1S/2C13H13.C2H7Si.2ClH.Ti/c2*1-2-11-8-9-13(10-11)12-6-4-3-5-7-12;1-3-2;;;/h2*3-10H,2H2,1H3;3H,1-2H3;2*1H;/q2*-1;;;;+2/p-2. The zero-order valence-electron chi connectivity index (χ0n) is 19.5. The molecule has 1 radical (unpaired) electrons. The molecule has 0 fully saturated rings. The molecule has 4 aromatic rings. The van der Waals surface area contributed by atoms with Gasteiger partial charge in [0, 0.05) is 9.52 Å². The molecule has 4 rings (SSSR count). The average Bonchev–Trinajstić information content (AvgIpc) is 3.52. The van der Waals surface area contributed by atoms with Crippen molar-refractivity contribution in [1.82, 2.24) is 0 Å². The molecular weight excluding hydrogens is 483 g/mol. The van der Waals surface area contributed by atoms with Crippen molar-refractivity contribution in [3.05, 3.63) is 108 Å². The second-order valence-electron chi connectivity index (χ2n) is 7.10. The fourth-order valence-electron chi connectivity index (χ4n) is 3.05. The van der Waals surface area contributed by atoms with Crippen molar-refractivity contribution in [3.8, 4) is 22.3 Å². The summed E-state index contributed by atoms with van der Waals surface area (Å²) >= 11 is -0.556. The van der Waals surface area contributed by atoms with Crippen molar-refractivity contribution >= 4 is 28.1 Å². The molecule has 0 saturated carbocycles. The van der Waals surface area contributed by atoms with E-state index >= 15 is 0 Å². The molecule has 0 aliphatic rings. The van der Waals surface area contributed by atoms with Crippen LogP contribution in [-0.2, 0) is 29.9 Å². The number of benzene rings is 2. The Kier molecular flexibility index (Phi) is 16.2. The van der Waals surface area contributed by atoms with Gasteiger partial charge in [0.2, 0.25) is 0 Å². The quantitative estimate of drug-likeness (QED) is 0.187. The topological polar surface area (TPSA) is 0 Å². The van der Waals surface area contributed by atoms with Gasteiger partial charge in [0.15, 0.2) is 0 Å². The Morgan fingerprint density at radius 1 is 0.688 bits per heavy atom. The van der Waals surface area contributed by atoms with Crippen LogP contribution < -0.4 is 0 Å². The molecule has 0 aliphatic heterocycles. The Balaban J connectivity index is 0.000000258. The minimum absolute atomic E-state index is 0.556. The molecule has 0 unspecified atom stereocenters. The van der Waals surface area contributed by atoms with Crippen molar-refractivity contribution in [2.75, 3.05) is 0 Å². The van der Waals surface area contributed by atoms with E-state index in [1.807, 2.05) is 12.1 Å². The number of halogens is 2. The van der Waals surface area contributed by atoms with Crippen molar-refractivity contribution in [3.63, 3.8) is 0 Å². The van der Waals surface area contributed by atoms with Crippen molar-refractivity contribution < 1.29 is 17.0 Å². The van der Waals surface area contributed by atoms with E-state index in [2.05, 4.69) is 112 Å². The van der Waals surface area contributed by atoms with Crippen LogP contribution >= 0.6 is 18.6 Å². The van der Waals surface area contributed by atoms with Crippen LogP contribution in [0.1, 0.15) is 25.0 Å². The maximum absolute atomic E-state index is 4.89. The Bertz CT molecular complexity index is 866. The number of aryl methyl sites for hydroxylation is 2. The first kappa shape index (κ1) is 28.7. The van der Waals surface area contributed by atoms with Gasteiger partial charge in [-0.1, -0.05) is 100 Å². The second-order valence-corrected chi connectivity index (χ2v) is 10.8. The first-order valence-electron chi connectivity index (χ1n) is 11.0. The number of rotatable bonds is 4. The van der Waals surface area contributed by atoms with Crippen molar-refractivity contribution in [1.29, 1.82) is 0 Å². The van der Waals surface area contributed by atoms with Crippen LogP contribution in [0.5, 0.6) is 0 Å². The molecule has 4 heteroatoms. The fraction of sp³-hybridized carbons (Fsp3) is 0.214. The summed E-state index contributed by atoms with van der Waals surface area (Å²) in [6.45, 7) is 8.79. The SMILES string of the molecule is CCc1c[cH-]c(-c2ccccc2)c1.CCc1c[cH-]c(-c2ccccc2)c1.C[SiH]C.[Cl][Ti][Cl]. The molecule has 0 N–H and O–H groups in total. The van der Waals surface area contributed by atoms with E-state index < -0.39 is 17.0 Å². The molecule has 4 aromatic carbocycles. The van der Waals surface area contributed by atoms with Gasteiger partial charge in [-0.2, -0.15) is 35.4 Å². The van der Waals surface area contributed by atoms with E-state index in [-0.39, 0.29) is 0 Å². The Morgan fingerprint density at radius 3 is 1.25 bits per heavy atom. The first-order chi connectivity index (χ1) is 15.6. The van der Waals surface area contributed by atoms with Gasteiger partial charge in [-0.25, -0.2) is 0 Å². The predicted molar refractivity (Wildman–Crippen MR) is 144 cm³/mol. The monoisotopic (exact) mass is 515 g/mol. The molecule has 32 heavy (non-hydrogen) atoms. The summed E-state index contributed by atoms with van der Waals surface area (Å²) in [4.78, 5) is 0. The third kappa shape index (κ3) is 11.0. The number of hydrogen-bond donors (Lipinski definition) is 0. The summed E-state index contributed by atoms with van der Waals surface area (Å²) in [5, 5.41) is 0. The summed E-state index contributed by atoms with van der Waals surface area (Å²) in [5.74, 6) is 0. The predicted octanol–water partition coefficient (Wildman–Crippen LogP) is 9.17. The van der Waals surface area contributed by atoms with Gasteiger partial charge in [-0.05, 0) is 0 Å². The molecule has 0 saturated heterocycles. The van der Waals surface area contributed by atoms with Crippen LogP contribution in [0.25, 0.3) is 22.3 Å². The van der Waals surface area contributed by atoms with Crippen LogP contribution in [-0.4, -0.2) is 9.52 Å². The molecule has 0 atom stereocenters. The third-order valence-corrected chi connectivity index (χ3v) is 4.67. The number of hydrogen-bond acceptors (Lipinski definition) is 0. The molecule has 0 bridgehead atoms. The zero-order chi connectivity index (χ0) is 23.6. The van der Waals surface area contributed by atoms with Crippen LogP contribution in [0.3, 0.4) is 0 Å². The Hall–Kier alpha value is -1.35. The summed E-state index contributed by atoms with van der Waals surface area (Å²) in [6, 6.07) is 34.3. The van der Waals surface area contributed by atoms with Gasteiger partial charge in [0.1, 0.15) is 0 Å². The van der Waals surface area contributed by atoms with E-state index in [4.69, 9.17) is 18.6 Å². The van der Waals surface area contributed by atoms with Crippen molar-refractivity contribution in [2.45, 2.75) is 39.8 Å². The Morgan fingerprint density at radius 2 is 1.00 bits per heavy atom. The normalized spacial score (nSPS) is 9.31. The van der Waals surface area contributed by atoms with E-state index in [9.17, 15) is 0 Å². The maximum atomic E-state index is 4.89. The van der Waals surface area contributed by atoms with Crippen LogP contribution in [0, 0.1) is 0 Å².